The van der Waals surface area contributed by atoms with Crippen molar-refractivity contribution < 1.29 is 0 Å². The standard InChI is InChI=1S/C60H62BN3/c1-56(2,3)40-25-29-44(30-26-40)63-52-32-28-42(58(7,8)9)36-49(52)61-48-23-17-18-24-51(48)62(43-20-13-12-14-21-43)53-37-45(38-54(63)55(53)61)64-50-31-27-41(57(4,5)6)35-47(50)59(10)34-33-39-19-15-16-22-46(39)60(59,64)11/h12-32,35-38H,33-34H2,1-11H3. The Morgan fingerprint density at radius 3 is 1.62 bits per heavy atom. The van der Waals surface area contributed by atoms with Gasteiger partial charge in [-0.1, -0.05) is 166 Å². The molecule has 7 aromatic carbocycles. The molecule has 3 aliphatic heterocycles. The minimum atomic E-state index is -0.363. The van der Waals surface area contributed by atoms with Crippen LogP contribution >= 0.6 is 0 Å². The van der Waals surface area contributed by atoms with Gasteiger partial charge in [0.2, 0.25) is 0 Å². The van der Waals surface area contributed by atoms with Crippen molar-refractivity contribution >= 4 is 68.6 Å². The highest BCUT2D eigenvalue weighted by Gasteiger charge is 2.60. The molecule has 320 valence electrons. The number of aryl methyl sites for hydroxylation is 1. The lowest BCUT2D eigenvalue weighted by Gasteiger charge is -2.52. The van der Waals surface area contributed by atoms with Gasteiger partial charge < -0.3 is 14.7 Å². The Balaban J connectivity index is 1.27. The third-order valence-corrected chi connectivity index (χ3v) is 15.7. The molecule has 4 aliphatic rings. The van der Waals surface area contributed by atoms with Gasteiger partial charge in [-0.25, -0.2) is 0 Å². The summed E-state index contributed by atoms with van der Waals surface area (Å²) < 4.78 is 0. The van der Waals surface area contributed by atoms with E-state index in [9.17, 15) is 0 Å². The summed E-state index contributed by atoms with van der Waals surface area (Å²) in [6.07, 6.45) is 2.15. The van der Waals surface area contributed by atoms with Crippen molar-refractivity contribution in [3.8, 4) is 0 Å². The molecule has 64 heavy (non-hydrogen) atoms. The van der Waals surface area contributed by atoms with Crippen molar-refractivity contribution in [2.24, 2.45) is 0 Å². The lowest BCUT2D eigenvalue weighted by atomic mass is 9.33. The molecule has 3 heterocycles. The van der Waals surface area contributed by atoms with Crippen LogP contribution in [0.4, 0.5) is 45.5 Å². The summed E-state index contributed by atoms with van der Waals surface area (Å²) in [6.45, 7) is 26.1. The Morgan fingerprint density at radius 2 is 0.969 bits per heavy atom. The summed E-state index contributed by atoms with van der Waals surface area (Å²) in [5, 5.41) is 0. The van der Waals surface area contributed by atoms with E-state index in [1.807, 2.05) is 0 Å². The SMILES string of the molecule is CC(C)(C)c1ccc(N2c3ccc(C(C)(C)C)cc3B3c4ccccc4N(c4ccccc4)c4cc(N5c6ccc(C(C)(C)C)cc6C6(C)CCc7ccccc7C56C)cc2c43)cc1. The van der Waals surface area contributed by atoms with E-state index in [0.29, 0.717) is 0 Å². The van der Waals surface area contributed by atoms with E-state index in [1.165, 1.54) is 95.3 Å². The molecule has 0 aromatic heterocycles. The average Bonchev–Trinajstić information content (AvgIpc) is 3.48. The van der Waals surface area contributed by atoms with Gasteiger partial charge in [0, 0.05) is 50.9 Å². The fraction of sp³-hybridized carbons (Fsp3) is 0.300. The van der Waals surface area contributed by atoms with Gasteiger partial charge in [-0.15, -0.1) is 0 Å². The minimum Gasteiger partial charge on any atom is -0.330 e. The van der Waals surface area contributed by atoms with Gasteiger partial charge in [0.15, 0.2) is 0 Å². The zero-order valence-corrected chi connectivity index (χ0v) is 39.8. The number of fused-ring (bicyclic) bond motifs is 9. The zero-order chi connectivity index (χ0) is 44.7. The molecule has 0 saturated carbocycles. The van der Waals surface area contributed by atoms with Crippen LogP contribution in [-0.2, 0) is 33.6 Å². The van der Waals surface area contributed by atoms with Crippen molar-refractivity contribution in [2.45, 2.75) is 116 Å². The van der Waals surface area contributed by atoms with Gasteiger partial charge in [0.05, 0.1) is 5.54 Å². The Hall–Kier alpha value is -6.00. The first-order valence-electron chi connectivity index (χ1n) is 23.6. The lowest BCUT2D eigenvalue weighted by Crippen LogP contribution is -2.61. The second-order valence-electron chi connectivity index (χ2n) is 22.6. The van der Waals surface area contributed by atoms with Crippen molar-refractivity contribution in [2.75, 3.05) is 14.7 Å². The van der Waals surface area contributed by atoms with Gasteiger partial charge in [-0.3, -0.25) is 0 Å². The van der Waals surface area contributed by atoms with Gasteiger partial charge in [-0.05, 0) is 140 Å². The van der Waals surface area contributed by atoms with Crippen LogP contribution < -0.4 is 31.1 Å². The molecular formula is C60H62BN3. The Kier molecular flexibility index (Phi) is 8.76. The molecule has 1 aliphatic carbocycles. The van der Waals surface area contributed by atoms with Crippen LogP contribution in [0.1, 0.15) is 116 Å². The quantitative estimate of drug-likeness (QED) is 0.164. The molecular weight excluding hydrogens is 773 g/mol. The van der Waals surface area contributed by atoms with Gasteiger partial charge in [-0.2, -0.15) is 0 Å². The normalized spacial score (nSPS) is 19.7. The smallest absolute Gasteiger partial charge is 0.252 e. The number of rotatable bonds is 3. The minimum absolute atomic E-state index is 0.0141. The largest absolute Gasteiger partial charge is 0.330 e. The molecule has 2 unspecified atom stereocenters. The predicted octanol–water partition coefficient (Wildman–Crippen LogP) is 13.9. The van der Waals surface area contributed by atoms with Crippen LogP contribution in [0.25, 0.3) is 0 Å². The average molecular weight is 836 g/mol. The molecule has 0 N–H and O–H groups in total. The molecule has 2 atom stereocenters. The maximum Gasteiger partial charge on any atom is 0.252 e. The van der Waals surface area contributed by atoms with Gasteiger partial charge >= 0.3 is 0 Å². The Labute approximate surface area is 382 Å². The van der Waals surface area contributed by atoms with E-state index in [4.69, 9.17) is 0 Å². The monoisotopic (exact) mass is 836 g/mol. The third-order valence-electron chi connectivity index (χ3n) is 15.7. The highest BCUT2D eigenvalue weighted by atomic mass is 15.3. The van der Waals surface area contributed by atoms with Crippen molar-refractivity contribution in [1.82, 2.24) is 0 Å². The highest BCUT2D eigenvalue weighted by molar-refractivity contribution is 7.00. The third kappa shape index (κ3) is 5.79. The topological polar surface area (TPSA) is 9.72 Å². The summed E-state index contributed by atoms with van der Waals surface area (Å²) >= 11 is 0. The Morgan fingerprint density at radius 1 is 0.438 bits per heavy atom. The number of hydrogen-bond acceptors (Lipinski definition) is 3. The molecule has 7 aromatic rings. The molecule has 0 bridgehead atoms. The van der Waals surface area contributed by atoms with E-state index >= 15 is 0 Å². The first-order valence-corrected chi connectivity index (χ1v) is 23.6. The van der Waals surface area contributed by atoms with Gasteiger partial charge in [0.1, 0.15) is 0 Å². The molecule has 3 nitrogen and oxygen atoms in total. The van der Waals surface area contributed by atoms with Crippen molar-refractivity contribution in [3.05, 3.63) is 185 Å². The first kappa shape index (κ1) is 40.8. The maximum absolute atomic E-state index is 2.77. The summed E-state index contributed by atoms with van der Waals surface area (Å²) in [5.41, 5.74) is 21.8. The highest BCUT2D eigenvalue weighted by Crippen LogP contribution is 2.64. The Bertz CT molecular complexity index is 3000. The molecule has 11 rings (SSSR count). The summed E-state index contributed by atoms with van der Waals surface area (Å²) in [5.74, 6) is 0. The molecule has 4 heteroatoms. The second-order valence-corrected chi connectivity index (χ2v) is 22.6. The number of hydrogen-bond donors (Lipinski definition) is 0. The van der Waals surface area contributed by atoms with Crippen molar-refractivity contribution in [1.29, 1.82) is 0 Å². The summed E-state index contributed by atoms with van der Waals surface area (Å²) in [7, 11) is 0. The number of anilines is 8. The van der Waals surface area contributed by atoms with Crippen LogP contribution in [0.15, 0.2) is 152 Å². The van der Waals surface area contributed by atoms with E-state index in [1.54, 1.807) is 0 Å². The number of para-hydroxylation sites is 2. The zero-order valence-electron chi connectivity index (χ0n) is 39.8. The van der Waals surface area contributed by atoms with E-state index in [2.05, 4.69) is 243 Å². The summed E-state index contributed by atoms with van der Waals surface area (Å²) in [6, 6.07) is 58.9. The van der Waals surface area contributed by atoms with Crippen LogP contribution in [0, 0.1) is 0 Å². The number of nitrogens with zero attached hydrogens (tertiary/aromatic N) is 3. The molecule has 0 radical (unpaired) electrons. The number of benzene rings is 7. The van der Waals surface area contributed by atoms with Gasteiger partial charge in [0.25, 0.3) is 6.71 Å². The van der Waals surface area contributed by atoms with Crippen molar-refractivity contribution in [3.63, 3.8) is 0 Å². The fourth-order valence-electron chi connectivity index (χ4n) is 12.0. The molecule has 0 spiro atoms. The predicted molar refractivity (Wildman–Crippen MR) is 275 cm³/mol. The second kappa shape index (κ2) is 13.8. The molecule has 0 amide bonds. The fourth-order valence-corrected chi connectivity index (χ4v) is 12.0. The van der Waals surface area contributed by atoms with E-state index in [0.717, 1.165) is 12.8 Å². The van der Waals surface area contributed by atoms with E-state index in [-0.39, 0.29) is 33.9 Å². The van der Waals surface area contributed by atoms with Crippen LogP contribution in [-0.4, -0.2) is 6.71 Å². The maximum atomic E-state index is 2.77. The lowest BCUT2D eigenvalue weighted by molar-refractivity contribution is 0.245. The van der Waals surface area contributed by atoms with Crippen LogP contribution in [0.5, 0.6) is 0 Å². The molecule has 0 saturated heterocycles. The van der Waals surface area contributed by atoms with E-state index < -0.39 is 0 Å². The van der Waals surface area contributed by atoms with Crippen LogP contribution in [0.3, 0.4) is 0 Å². The van der Waals surface area contributed by atoms with Crippen LogP contribution in [0.2, 0.25) is 0 Å². The summed E-state index contributed by atoms with van der Waals surface area (Å²) in [4.78, 5) is 7.92. The molecule has 0 fully saturated rings. The first-order chi connectivity index (χ1) is 30.4.